The number of rotatable bonds is 4. The summed E-state index contributed by atoms with van der Waals surface area (Å²) in [4.78, 5) is 3.35. The van der Waals surface area contributed by atoms with Gasteiger partial charge in [0.05, 0.1) is 19.7 Å². The molecule has 0 bridgehead atoms. The fourth-order valence-corrected chi connectivity index (χ4v) is 3.07. The van der Waals surface area contributed by atoms with Crippen LogP contribution in [-0.2, 0) is 6.42 Å². The van der Waals surface area contributed by atoms with Crippen LogP contribution in [0.15, 0.2) is 18.3 Å². The molecule has 1 aliphatic heterocycles. The second-order valence-electron chi connectivity index (χ2n) is 5.46. The molecule has 2 N–H and O–H groups in total. The number of ether oxygens (including phenoxy) is 2. The summed E-state index contributed by atoms with van der Waals surface area (Å²) in [5.41, 5.74) is 2.43. The molecule has 2 heterocycles. The number of piperidine rings is 1. The highest BCUT2D eigenvalue weighted by molar-refractivity contribution is 5.90. The van der Waals surface area contributed by atoms with Crippen molar-refractivity contribution in [3.05, 3.63) is 23.9 Å². The molecular formula is C16H22N2O2. The highest BCUT2D eigenvalue weighted by atomic mass is 16.5. The van der Waals surface area contributed by atoms with Crippen LogP contribution in [0.1, 0.15) is 18.4 Å². The second kappa shape index (κ2) is 5.75. The Hall–Kier alpha value is -1.68. The number of methoxy groups -OCH3 is 2. The molecule has 0 unspecified atom stereocenters. The first-order chi connectivity index (χ1) is 9.81. The number of H-pyrrole nitrogens is 1. The van der Waals surface area contributed by atoms with Gasteiger partial charge in [0, 0.05) is 17.6 Å². The molecular weight excluding hydrogens is 252 g/mol. The predicted molar refractivity (Wildman–Crippen MR) is 80.7 cm³/mol. The molecule has 0 spiro atoms. The Balaban J connectivity index is 1.94. The van der Waals surface area contributed by atoms with Gasteiger partial charge in [0.25, 0.3) is 0 Å². The standard InChI is InChI=1S/C16H22N2O2/c1-19-13-8-14-12(7-11-3-5-17-6-4-11)10-18-16(14)15(9-13)20-2/h8-11,17-18H,3-7H2,1-2H3. The van der Waals surface area contributed by atoms with E-state index in [-0.39, 0.29) is 0 Å². The lowest BCUT2D eigenvalue weighted by Gasteiger charge is -2.22. The Labute approximate surface area is 119 Å². The van der Waals surface area contributed by atoms with Gasteiger partial charge in [-0.2, -0.15) is 0 Å². The summed E-state index contributed by atoms with van der Waals surface area (Å²) >= 11 is 0. The quantitative estimate of drug-likeness (QED) is 0.901. The highest BCUT2D eigenvalue weighted by Crippen LogP contribution is 2.34. The number of fused-ring (bicyclic) bond motifs is 1. The molecule has 1 aromatic heterocycles. The molecule has 1 aliphatic rings. The van der Waals surface area contributed by atoms with E-state index < -0.39 is 0 Å². The minimum atomic E-state index is 0.771. The maximum absolute atomic E-state index is 5.45. The first-order valence-corrected chi connectivity index (χ1v) is 7.24. The van der Waals surface area contributed by atoms with Gasteiger partial charge in [-0.05, 0) is 49.9 Å². The van der Waals surface area contributed by atoms with E-state index in [9.17, 15) is 0 Å². The lowest BCUT2D eigenvalue weighted by atomic mass is 9.91. The summed E-state index contributed by atoms with van der Waals surface area (Å²) in [5, 5.41) is 4.64. The average Bonchev–Trinajstić information content (AvgIpc) is 2.90. The molecule has 1 saturated heterocycles. The summed E-state index contributed by atoms with van der Waals surface area (Å²) < 4.78 is 10.8. The van der Waals surface area contributed by atoms with Crippen molar-refractivity contribution < 1.29 is 9.47 Å². The van der Waals surface area contributed by atoms with Crippen LogP contribution in [0.4, 0.5) is 0 Å². The topological polar surface area (TPSA) is 46.3 Å². The highest BCUT2D eigenvalue weighted by Gasteiger charge is 2.17. The van der Waals surface area contributed by atoms with Gasteiger partial charge < -0.3 is 19.8 Å². The fourth-order valence-electron chi connectivity index (χ4n) is 3.07. The Bertz CT molecular complexity index is 585. The maximum Gasteiger partial charge on any atom is 0.146 e. The Morgan fingerprint density at radius 1 is 1.15 bits per heavy atom. The zero-order valence-corrected chi connectivity index (χ0v) is 12.2. The minimum Gasteiger partial charge on any atom is -0.497 e. The van der Waals surface area contributed by atoms with E-state index in [0.717, 1.165) is 42.4 Å². The third-order valence-corrected chi connectivity index (χ3v) is 4.24. The summed E-state index contributed by atoms with van der Waals surface area (Å²) in [6, 6.07) is 4.03. The third kappa shape index (κ3) is 2.48. The van der Waals surface area contributed by atoms with Crippen molar-refractivity contribution in [3.63, 3.8) is 0 Å². The van der Waals surface area contributed by atoms with Gasteiger partial charge in [0.1, 0.15) is 11.5 Å². The van der Waals surface area contributed by atoms with Crippen molar-refractivity contribution in [2.75, 3.05) is 27.3 Å². The SMILES string of the molecule is COc1cc(OC)c2[nH]cc(CC3CCNCC3)c2c1. The molecule has 0 radical (unpaired) electrons. The molecule has 1 fully saturated rings. The Morgan fingerprint density at radius 2 is 1.95 bits per heavy atom. The number of aromatic amines is 1. The van der Waals surface area contributed by atoms with Gasteiger partial charge in [-0.3, -0.25) is 0 Å². The van der Waals surface area contributed by atoms with E-state index >= 15 is 0 Å². The van der Waals surface area contributed by atoms with Crippen LogP contribution < -0.4 is 14.8 Å². The zero-order valence-electron chi connectivity index (χ0n) is 12.2. The normalized spacial score (nSPS) is 16.5. The Morgan fingerprint density at radius 3 is 2.65 bits per heavy atom. The molecule has 4 nitrogen and oxygen atoms in total. The van der Waals surface area contributed by atoms with E-state index in [2.05, 4.69) is 22.6 Å². The summed E-state index contributed by atoms with van der Waals surface area (Å²) in [6.45, 7) is 2.28. The van der Waals surface area contributed by atoms with Crippen LogP contribution >= 0.6 is 0 Å². The number of hydrogen-bond acceptors (Lipinski definition) is 3. The molecule has 0 amide bonds. The van der Waals surface area contributed by atoms with Gasteiger partial charge in [-0.25, -0.2) is 0 Å². The molecule has 1 aromatic carbocycles. The first-order valence-electron chi connectivity index (χ1n) is 7.24. The average molecular weight is 274 g/mol. The van der Waals surface area contributed by atoms with Gasteiger partial charge in [0.15, 0.2) is 0 Å². The van der Waals surface area contributed by atoms with Crippen molar-refractivity contribution in [1.82, 2.24) is 10.3 Å². The zero-order chi connectivity index (χ0) is 13.9. The summed E-state index contributed by atoms with van der Waals surface area (Å²) in [7, 11) is 3.39. The van der Waals surface area contributed by atoms with Crippen LogP contribution in [0.3, 0.4) is 0 Å². The molecule has 0 saturated carbocycles. The van der Waals surface area contributed by atoms with E-state index in [0.29, 0.717) is 0 Å². The van der Waals surface area contributed by atoms with Gasteiger partial charge in [-0.1, -0.05) is 0 Å². The van der Waals surface area contributed by atoms with Crippen molar-refractivity contribution >= 4 is 10.9 Å². The van der Waals surface area contributed by atoms with Crippen molar-refractivity contribution in [2.45, 2.75) is 19.3 Å². The van der Waals surface area contributed by atoms with E-state index in [1.54, 1.807) is 14.2 Å². The van der Waals surface area contributed by atoms with Crippen LogP contribution in [0.2, 0.25) is 0 Å². The van der Waals surface area contributed by atoms with Crippen LogP contribution in [0.5, 0.6) is 11.5 Å². The summed E-state index contributed by atoms with van der Waals surface area (Å²) in [5.74, 6) is 2.46. The molecule has 0 aliphatic carbocycles. The van der Waals surface area contributed by atoms with Gasteiger partial charge in [0.2, 0.25) is 0 Å². The maximum atomic E-state index is 5.45. The monoisotopic (exact) mass is 274 g/mol. The van der Waals surface area contributed by atoms with Crippen LogP contribution in [0, 0.1) is 5.92 Å². The largest absolute Gasteiger partial charge is 0.497 e. The number of aromatic nitrogens is 1. The molecule has 3 rings (SSSR count). The molecule has 2 aromatic rings. The molecule has 20 heavy (non-hydrogen) atoms. The van der Waals surface area contributed by atoms with Gasteiger partial charge >= 0.3 is 0 Å². The predicted octanol–water partition coefficient (Wildman–Crippen LogP) is 2.73. The van der Waals surface area contributed by atoms with Crippen LogP contribution in [-0.4, -0.2) is 32.3 Å². The lowest BCUT2D eigenvalue weighted by molar-refractivity contribution is 0.373. The first kappa shape index (κ1) is 13.3. The minimum absolute atomic E-state index is 0.771. The molecule has 0 atom stereocenters. The fraction of sp³-hybridized carbons (Fsp3) is 0.500. The Kier molecular flexibility index (Phi) is 3.83. The number of nitrogens with one attached hydrogen (secondary N) is 2. The summed E-state index contributed by atoms with van der Waals surface area (Å²) in [6.07, 6.45) is 5.76. The van der Waals surface area contributed by atoms with Crippen molar-refractivity contribution in [3.8, 4) is 11.5 Å². The van der Waals surface area contributed by atoms with E-state index in [1.165, 1.54) is 23.8 Å². The van der Waals surface area contributed by atoms with Crippen LogP contribution in [0.25, 0.3) is 10.9 Å². The van der Waals surface area contributed by atoms with E-state index in [1.807, 2.05) is 6.07 Å². The lowest BCUT2D eigenvalue weighted by Crippen LogP contribution is -2.28. The van der Waals surface area contributed by atoms with Gasteiger partial charge in [-0.15, -0.1) is 0 Å². The number of hydrogen-bond donors (Lipinski definition) is 2. The van der Waals surface area contributed by atoms with Crippen molar-refractivity contribution in [1.29, 1.82) is 0 Å². The smallest absolute Gasteiger partial charge is 0.146 e. The van der Waals surface area contributed by atoms with E-state index in [4.69, 9.17) is 9.47 Å². The molecule has 4 heteroatoms. The van der Waals surface area contributed by atoms with Crippen molar-refractivity contribution in [2.24, 2.45) is 5.92 Å². The third-order valence-electron chi connectivity index (χ3n) is 4.24. The second-order valence-corrected chi connectivity index (χ2v) is 5.46. The number of benzene rings is 1. The molecule has 108 valence electrons.